The molecule has 2 unspecified atom stereocenters. The van der Waals surface area contributed by atoms with Crippen molar-refractivity contribution < 1.29 is 19.7 Å². The molecule has 1 amide bonds. The van der Waals surface area contributed by atoms with Crippen LogP contribution in [0.3, 0.4) is 0 Å². The van der Waals surface area contributed by atoms with Crippen molar-refractivity contribution in [2.75, 3.05) is 6.54 Å². The lowest BCUT2D eigenvalue weighted by molar-refractivity contribution is 0.0121. The molecule has 126 valence electrons. The van der Waals surface area contributed by atoms with E-state index in [0.29, 0.717) is 0 Å². The Labute approximate surface area is 139 Å². The second-order valence-electron chi connectivity index (χ2n) is 5.95. The highest BCUT2D eigenvalue weighted by Crippen LogP contribution is 2.25. The zero-order valence-electron chi connectivity index (χ0n) is 13.2. The minimum absolute atomic E-state index is 0.00986. The van der Waals surface area contributed by atoms with Gasteiger partial charge < -0.3 is 20.3 Å². The van der Waals surface area contributed by atoms with E-state index in [1.54, 1.807) is 20.8 Å². The molecular formula is C15H20ClN3O4. The largest absolute Gasteiger partial charge is 0.444 e. The number of pyridine rings is 1. The molecule has 1 rings (SSSR count). The number of nitrogens with zero attached hydrogens (tertiary/aromatic N) is 2. The number of nitriles is 1. The lowest BCUT2D eigenvalue weighted by Gasteiger charge is -2.21. The Hall–Kier alpha value is -1.88. The van der Waals surface area contributed by atoms with E-state index in [-0.39, 0.29) is 29.2 Å². The molecular weight excluding hydrogens is 322 g/mol. The van der Waals surface area contributed by atoms with E-state index in [2.05, 4.69) is 10.3 Å². The normalized spacial score (nSPS) is 13.8. The van der Waals surface area contributed by atoms with Gasteiger partial charge in [-0.05, 0) is 33.3 Å². The summed E-state index contributed by atoms with van der Waals surface area (Å²) in [4.78, 5) is 15.3. The number of ether oxygens (including phenoxy) is 1. The van der Waals surface area contributed by atoms with Crippen molar-refractivity contribution in [3.8, 4) is 6.07 Å². The first-order valence-corrected chi connectivity index (χ1v) is 7.40. The van der Waals surface area contributed by atoms with Gasteiger partial charge in [0.25, 0.3) is 0 Å². The third-order valence-corrected chi connectivity index (χ3v) is 3.10. The molecule has 0 fully saturated rings. The van der Waals surface area contributed by atoms with Crippen molar-refractivity contribution >= 4 is 17.7 Å². The number of carbonyl (C=O) groups is 1. The van der Waals surface area contributed by atoms with Gasteiger partial charge in [-0.25, -0.2) is 9.78 Å². The van der Waals surface area contributed by atoms with Crippen molar-refractivity contribution in [3.63, 3.8) is 0 Å². The van der Waals surface area contributed by atoms with Crippen molar-refractivity contribution in [1.82, 2.24) is 10.3 Å². The zero-order valence-corrected chi connectivity index (χ0v) is 14.0. The number of carbonyl (C=O) groups excluding carboxylic acids is 1. The van der Waals surface area contributed by atoms with E-state index in [9.17, 15) is 15.0 Å². The van der Waals surface area contributed by atoms with Gasteiger partial charge in [0.05, 0.1) is 11.7 Å². The summed E-state index contributed by atoms with van der Waals surface area (Å²) in [5.74, 6) is 0. The highest BCUT2D eigenvalue weighted by molar-refractivity contribution is 6.30. The first-order chi connectivity index (χ1) is 10.6. The summed E-state index contributed by atoms with van der Waals surface area (Å²) in [6, 6.07) is 3.25. The van der Waals surface area contributed by atoms with Gasteiger partial charge in [0.15, 0.2) is 0 Å². The Morgan fingerprint density at radius 1 is 1.52 bits per heavy atom. The lowest BCUT2D eigenvalue weighted by atomic mass is 10.0. The van der Waals surface area contributed by atoms with Gasteiger partial charge >= 0.3 is 6.09 Å². The average Bonchev–Trinajstić information content (AvgIpc) is 2.45. The lowest BCUT2D eigenvalue weighted by Crippen LogP contribution is -2.34. The number of hydrogen-bond donors (Lipinski definition) is 3. The molecule has 0 saturated carbocycles. The van der Waals surface area contributed by atoms with Crippen LogP contribution >= 0.6 is 11.6 Å². The molecule has 0 saturated heterocycles. The molecule has 0 aliphatic heterocycles. The summed E-state index contributed by atoms with van der Waals surface area (Å²) in [5, 5.41) is 31.4. The monoisotopic (exact) mass is 341 g/mol. The number of rotatable bonds is 5. The fraction of sp³-hybridized carbons (Fsp3) is 0.533. The van der Waals surface area contributed by atoms with Crippen LogP contribution in [0, 0.1) is 11.3 Å². The van der Waals surface area contributed by atoms with E-state index in [0.717, 1.165) is 0 Å². The van der Waals surface area contributed by atoms with E-state index in [4.69, 9.17) is 21.6 Å². The fourth-order valence-electron chi connectivity index (χ4n) is 1.74. The number of aromatic nitrogens is 1. The van der Waals surface area contributed by atoms with E-state index >= 15 is 0 Å². The quantitative estimate of drug-likeness (QED) is 0.705. The molecule has 0 spiro atoms. The average molecular weight is 342 g/mol. The van der Waals surface area contributed by atoms with Crippen molar-refractivity contribution in [2.45, 2.75) is 45.0 Å². The Morgan fingerprint density at radius 3 is 2.74 bits per heavy atom. The number of aliphatic hydroxyl groups is 2. The molecule has 2 atom stereocenters. The number of alkyl carbamates (subject to hydrolysis) is 1. The summed E-state index contributed by atoms with van der Waals surface area (Å²) in [7, 11) is 0. The smallest absolute Gasteiger partial charge is 0.407 e. The number of amides is 1. The Morgan fingerprint density at radius 2 is 2.17 bits per heavy atom. The topological polar surface area (TPSA) is 115 Å². The molecule has 0 radical (unpaired) electrons. The second kappa shape index (κ2) is 8.11. The maximum atomic E-state index is 11.5. The Balaban J connectivity index is 2.57. The van der Waals surface area contributed by atoms with Gasteiger partial charge in [-0.2, -0.15) is 5.26 Å². The minimum Gasteiger partial charge on any atom is -0.444 e. The Bertz CT molecular complexity index is 595. The maximum absolute atomic E-state index is 11.5. The second-order valence-corrected chi connectivity index (χ2v) is 6.30. The van der Waals surface area contributed by atoms with E-state index in [1.165, 1.54) is 12.3 Å². The summed E-state index contributed by atoms with van der Waals surface area (Å²) in [6.45, 7) is 5.32. The summed E-state index contributed by atoms with van der Waals surface area (Å²) < 4.78 is 5.05. The molecule has 8 heteroatoms. The van der Waals surface area contributed by atoms with Crippen LogP contribution in [0.4, 0.5) is 4.79 Å². The number of aliphatic hydroxyl groups excluding tert-OH is 2. The summed E-state index contributed by atoms with van der Waals surface area (Å²) in [5.41, 5.74) is -0.225. The van der Waals surface area contributed by atoms with E-state index < -0.39 is 23.9 Å². The van der Waals surface area contributed by atoms with Crippen LogP contribution < -0.4 is 5.32 Å². The maximum Gasteiger partial charge on any atom is 0.407 e. The van der Waals surface area contributed by atoms with Crippen molar-refractivity contribution in [2.24, 2.45) is 0 Å². The van der Waals surface area contributed by atoms with Crippen LogP contribution in [-0.4, -0.2) is 39.5 Å². The molecule has 1 heterocycles. The third-order valence-electron chi connectivity index (χ3n) is 2.79. The standard InChI is InChI=1S/C15H20ClN3O4/c1-15(2,3)23-14(22)18-5-4-11(20)12(21)10-6-9(7-17)8-19-13(10)16/h6,8,11-12,20-21H,4-5H2,1-3H3,(H,18,22). The number of nitrogens with one attached hydrogen (secondary N) is 1. The van der Waals surface area contributed by atoms with Crippen LogP contribution in [0.15, 0.2) is 12.3 Å². The van der Waals surface area contributed by atoms with Gasteiger partial charge in [0, 0.05) is 18.3 Å². The zero-order chi connectivity index (χ0) is 17.6. The van der Waals surface area contributed by atoms with Crippen LogP contribution in [-0.2, 0) is 4.74 Å². The SMILES string of the molecule is CC(C)(C)OC(=O)NCCC(O)C(O)c1cc(C#N)cnc1Cl. The molecule has 23 heavy (non-hydrogen) atoms. The van der Waals surface area contributed by atoms with E-state index in [1.807, 2.05) is 6.07 Å². The van der Waals surface area contributed by atoms with Crippen molar-refractivity contribution in [1.29, 1.82) is 5.26 Å². The highest BCUT2D eigenvalue weighted by atomic mass is 35.5. The fourth-order valence-corrected chi connectivity index (χ4v) is 1.95. The van der Waals surface area contributed by atoms with Gasteiger partial charge in [-0.15, -0.1) is 0 Å². The minimum atomic E-state index is -1.32. The Kier molecular flexibility index (Phi) is 6.76. The van der Waals surface area contributed by atoms with Gasteiger partial charge in [-0.3, -0.25) is 0 Å². The molecule has 1 aromatic rings. The first kappa shape index (κ1) is 19.2. The highest BCUT2D eigenvalue weighted by Gasteiger charge is 2.22. The van der Waals surface area contributed by atoms with Gasteiger partial charge in [-0.1, -0.05) is 11.6 Å². The van der Waals surface area contributed by atoms with Gasteiger partial charge in [0.2, 0.25) is 0 Å². The molecule has 1 aromatic heterocycles. The summed E-state index contributed by atoms with van der Waals surface area (Å²) >= 11 is 5.87. The summed E-state index contributed by atoms with van der Waals surface area (Å²) in [6.07, 6.45) is -1.75. The van der Waals surface area contributed by atoms with Gasteiger partial charge in [0.1, 0.15) is 22.9 Å². The van der Waals surface area contributed by atoms with Crippen LogP contribution in [0.2, 0.25) is 5.15 Å². The van der Waals surface area contributed by atoms with Crippen LogP contribution in [0.1, 0.15) is 44.4 Å². The van der Waals surface area contributed by atoms with Crippen LogP contribution in [0.25, 0.3) is 0 Å². The van der Waals surface area contributed by atoms with Crippen molar-refractivity contribution in [3.05, 3.63) is 28.5 Å². The predicted molar refractivity (Wildman–Crippen MR) is 83.8 cm³/mol. The third kappa shape index (κ3) is 6.40. The molecule has 0 aliphatic rings. The predicted octanol–water partition coefficient (Wildman–Crippen LogP) is 1.92. The first-order valence-electron chi connectivity index (χ1n) is 7.02. The number of halogens is 1. The molecule has 0 aromatic carbocycles. The number of hydrogen-bond acceptors (Lipinski definition) is 6. The molecule has 3 N–H and O–H groups in total. The molecule has 0 bridgehead atoms. The molecule has 0 aliphatic carbocycles. The molecule has 7 nitrogen and oxygen atoms in total. The van der Waals surface area contributed by atoms with Crippen LogP contribution in [0.5, 0.6) is 0 Å².